The SMILES string of the molecule is CC(C)N(CC(=N)N)Cc1ccccc1. The van der Waals surface area contributed by atoms with Crippen LogP contribution in [0.25, 0.3) is 0 Å². The summed E-state index contributed by atoms with van der Waals surface area (Å²) < 4.78 is 0. The summed E-state index contributed by atoms with van der Waals surface area (Å²) in [5, 5.41) is 7.32. The van der Waals surface area contributed by atoms with E-state index < -0.39 is 0 Å². The summed E-state index contributed by atoms with van der Waals surface area (Å²) in [4.78, 5) is 2.18. The molecule has 0 heterocycles. The van der Waals surface area contributed by atoms with Crippen LogP contribution in [0.4, 0.5) is 0 Å². The lowest BCUT2D eigenvalue weighted by Gasteiger charge is -2.25. The summed E-state index contributed by atoms with van der Waals surface area (Å²) in [7, 11) is 0. The normalized spacial score (nSPS) is 10.9. The number of benzene rings is 1. The minimum atomic E-state index is 0.222. The van der Waals surface area contributed by atoms with Crippen LogP contribution >= 0.6 is 0 Å². The van der Waals surface area contributed by atoms with Gasteiger partial charge in [0, 0.05) is 12.6 Å². The van der Waals surface area contributed by atoms with E-state index >= 15 is 0 Å². The number of nitrogens with two attached hydrogens (primary N) is 1. The topological polar surface area (TPSA) is 53.1 Å². The number of nitrogens with one attached hydrogen (secondary N) is 1. The first-order valence-electron chi connectivity index (χ1n) is 5.20. The van der Waals surface area contributed by atoms with Crippen molar-refractivity contribution in [2.24, 2.45) is 5.73 Å². The maximum Gasteiger partial charge on any atom is 0.105 e. The fourth-order valence-electron chi connectivity index (χ4n) is 1.46. The number of amidine groups is 1. The second-order valence-corrected chi connectivity index (χ2v) is 4.01. The largest absolute Gasteiger partial charge is 0.387 e. The molecule has 3 nitrogen and oxygen atoms in total. The van der Waals surface area contributed by atoms with Crippen LogP contribution in [0.3, 0.4) is 0 Å². The Morgan fingerprint density at radius 3 is 2.40 bits per heavy atom. The van der Waals surface area contributed by atoms with Gasteiger partial charge < -0.3 is 5.73 Å². The molecule has 0 atom stereocenters. The van der Waals surface area contributed by atoms with E-state index in [0.717, 1.165) is 6.54 Å². The van der Waals surface area contributed by atoms with E-state index in [-0.39, 0.29) is 5.84 Å². The molecule has 0 fully saturated rings. The Balaban J connectivity index is 2.63. The fourth-order valence-corrected chi connectivity index (χ4v) is 1.46. The first-order chi connectivity index (χ1) is 7.09. The van der Waals surface area contributed by atoms with Crippen molar-refractivity contribution in [3.8, 4) is 0 Å². The Morgan fingerprint density at radius 2 is 1.93 bits per heavy atom. The molecular formula is C12H19N3. The molecule has 15 heavy (non-hydrogen) atoms. The van der Waals surface area contributed by atoms with Gasteiger partial charge in [-0.2, -0.15) is 0 Å². The average Bonchev–Trinajstić information content (AvgIpc) is 2.17. The molecule has 0 aliphatic rings. The van der Waals surface area contributed by atoms with E-state index in [0.29, 0.717) is 12.6 Å². The van der Waals surface area contributed by atoms with Crippen LogP contribution in [0.15, 0.2) is 30.3 Å². The number of hydrogen-bond donors (Lipinski definition) is 2. The van der Waals surface area contributed by atoms with Gasteiger partial charge in [0.05, 0.1) is 6.54 Å². The van der Waals surface area contributed by atoms with Crippen molar-refractivity contribution in [3.05, 3.63) is 35.9 Å². The molecular weight excluding hydrogens is 186 g/mol. The van der Waals surface area contributed by atoms with Gasteiger partial charge in [0.2, 0.25) is 0 Å². The van der Waals surface area contributed by atoms with Crippen LogP contribution < -0.4 is 5.73 Å². The van der Waals surface area contributed by atoms with Crippen LogP contribution in [0.2, 0.25) is 0 Å². The predicted molar refractivity (Wildman–Crippen MR) is 63.9 cm³/mol. The highest BCUT2D eigenvalue weighted by molar-refractivity contribution is 5.78. The Bertz CT molecular complexity index is 306. The molecule has 0 aromatic heterocycles. The summed E-state index contributed by atoms with van der Waals surface area (Å²) in [5.74, 6) is 0.222. The summed E-state index contributed by atoms with van der Waals surface area (Å²) in [6.07, 6.45) is 0. The van der Waals surface area contributed by atoms with Crippen molar-refractivity contribution in [3.63, 3.8) is 0 Å². The summed E-state index contributed by atoms with van der Waals surface area (Å²) in [5.41, 5.74) is 6.68. The Kier molecular flexibility index (Phi) is 4.31. The molecule has 0 bridgehead atoms. The molecule has 0 radical (unpaired) electrons. The number of hydrogen-bond acceptors (Lipinski definition) is 2. The second kappa shape index (κ2) is 5.51. The lowest BCUT2D eigenvalue weighted by atomic mass is 10.2. The molecule has 0 amide bonds. The van der Waals surface area contributed by atoms with Gasteiger partial charge in [0.25, 0.3) is 0 Å². The lowest BCUT2D eigenvalue weighted by Crippen LogP contribution is -2.37. The summed E-state index contributed by atoms with van der Waals surface area (Å²) in [6, 6.07) is 10.6. The van der Waals surface area contributed by atoms with E-state index in [1.165, 1.54) is 5.56 Å². The molecule has 82 valence electrons. The number of nitrogens with zero attached hydrogens (tertiary/aromatic N) is 1. The van der Waals surface area contributed by atoms with Crippen molar-refractivity contribution in [1.29, 1.82) is 5.41 Å². The molecule has 1 aromatic rings. The highest BCUT2D eigenvalue weighted by atomic mass is 15.2. The smallest absolute Gasteiger partial charge is 0.105 e. The van der Waals surface area contributed by atoms with Gasteiger partial charge in [0.1, 0.15) is 5.84 Å². The summed E-state index contributed by atoms with van der Waals surface area (Å²) in [6.45, 7) is 5.61. The van der Waals surface area contributed by atoms with E-state index in [2.05, 4.69) is 30.9 Å². The van der Waals surface area contributed by atoms with E-state index in [1.54, 1.807) is 0 Å². The molecule has 1 rings (SSSR count). The number of rotatable bonds is 5. The van der Waals surface area contributed by atoms with Gasteiger partial charge >= 0.3 is 0 Å². The van der Waals surface area contributed by atoms with Gasteiger partial charge in [-0.3, -0.25) is 10.3 Å². The molecule has 0 saturated carbocycles. The van der Waals surface area contributed by atoms with E-state index in [9.17, 15) is 0 Å². The minimum absolute atomic E-state index is 0.222. The average molecular weight is 205 g/mol. The van der Waals surface area contributed by atoms with E-state index in [4.69, 9.17) is 11.1 Å². The molecule has 0 aliphatic carbocycles. The van der Waals surface area contributed by atoms with Crippen molar-refractivity contribution in [2.45, 2.75) is 26.4 Å². The van der Waals surface area contributed by atoms with E-state index in [1.807, 2.05) is 18.2 Å². The monoisotopic (exact) mass is 205 g/mol. The fraction of sp³-hybridized carbons (Fsp3) is 0.417. The first kappa shape index (κ1) is 11.7. The quantitative estimate of drug-likeness (QED) is 0.569. The van der Waals surface area contributed by atoms with Gasteiger partial charge in [-0.05, 0) is 19.4 Å². The van der Waals surface area contributed by atoms with Crippen molar-refractivity contribution >= 4 is 5.84 Å². The second-order valence-electron chi connectivity index (χ2n) is 4.01. The van der Waals surface area contributed by atoms with Gasteiger partial charge in [0.15, 0.2) is 0 Å². The van der Waals surface area contributed by atoms with Crippen molar-refractivity contribution < 1.29 is 0 Å². The maximum atomic E-state index is 7.32. The Morgan fingerprint density at radius 1 is 1.33 bits per heavy atom. The first-order valence-corrected chi connectivity index (χ1v) is 5.20. The van der Waals surface area contributed by atoms with Crippen LogP contribution in [0.1, 0.15) is 19.4 Å². The molecule has 0 saturated heterocycles. The van der Waals surface area contributed by atoms with Crippen LogP contribution in [0.5, 0.6) is 0 Å². The van der Waals surface area contributed by atoms with Crippen molar-refractivity contribution in [2.75, 3.05) is 6.54 Å². The Labute approximate surface area is 91.4 Å². The third kappa shape index (κ3) is 4.13. The lowest BCUT2D eigenvalue weighted by molar-refractivity contribution is 0.244. The molecule has 3 N–H and O–H groups in total. The zero-order valence-electron chi connectivity index (χ0n) is 9.40. The van der Waals surface area contributed by atoms with Gasteiger partial charge in [-0.15, -0.1) is 0 Å². The molecule has 0 unspecified atom stereocenters. The van der Waals surface area contributed by atoms with Crippen molar-refractivity contribution in [1.82, 2.24) is 4.90 Å². The van der Waals surface area contributed by atoms with Gasteiger partial charge in [-0.25, -0.2) is 0 Å². The maximum absolute atomic E-state index is 7.32. The molecule has 0 spiro atoms. The third-order valence-corrected chi connectivity index (χ3v) is 2.33. The standard InChI is InChI=1S/C12H19N3/c1-10(2)15(9-12(13)14)8-11-6-4-3-5-7-11/h3-7,10H,8-9H2,1-2H3,(H3,13,14). The predicted octanol–water partition coefficient (Wildman–Crippen LogP) is 1.83. The zero-order valence-corrected chi connectivity index (χ0v) is 9.40. The highest BCUT2D eigenvalue weighted by Gasteiger charge is 2.10. The minimum Gasteiger partial charge on any atom is -0.387 e. The van der Waals surface area contributed by atoms with Gasteiger partial charge in [-0.1, -0.05) is 30.3 Å². The molecule has 0 aliphatic heterocycles. The Hall–Kier alpha value is -1.35. The highest BCUT2D eigenvalue weighted by Crippen LogP contribution is 2.07. The summed E-state index contributed by atoms with van der Waals surface area (Å²) >= 11 is 0. The van der Waals surface area contributed by atoms with Crippen LogP contribution in [-0.4, -0.2) is 23.3 Å². The van der Waals surface area contributed by atoms with Crippen LogP contribution in [-0.2, 0) is 6.54 Å². The molecule has 3 heteroatoms. The van der Waals surface area contributed by atoms with Crippen LogP contribution in [0, 0.1) is 5.41 Å². The molecule has 1 aromatic carbocycles. The zero-order chi connectivity index (χ0) is 11.3. The third-order valence-electron chi connectivity index (χ3n) is 2.33.